The maximum Gasteiger partial charge on any atom is 0.304 e. The first-order valence-electron chi connectivity index (χ1n) is 6.00. The van der Waals surface area contributed by atoms with E-state index in [4.69, 9.17) is 5.11 Å². The molecule has 1 aliphatic rings. The molecule has 0 amide bonds. The van der Waals surface area contributed by atoms with Crippen molar-refractivity contribution in [3.8, 4) is 0 Å². The van der Waals surface area contributed by atoms with Crippen molar-refractivity contribution in [2.45, 2.75) is 16.2 Å². The van der Waals surface area contributed by atoms with Gasteiger partial charge in [0.2, 0.25) is 0 Å². The zero-order valence-electron chi connectivity index (χ0n) is 10.2. The van der Waals surface area contributed by atoms with Crippen LogP contribution in [-0.4, -0.2) is 38.9 Å². The lowest BCUT2D eigenvalue weighted by atomic mass is 9.98. The predicted molar refractivity (Wildman–Crippen MR) is 73.2 cm³/mol. The number of carboxylic acid groups (broad SMARTS) is 1. The Kier molecular flexibility index (Phi) is 3.12. The third-order valence-corrected chi connectivity index (χ3v) is 4.57. The largest absolute Gasteiger partial charge is 0.481 e. The Morgan fingerprint density at radius 1 is 1.37 bits per heavy atom. The van der Waals surface area contributed by atoms with Crippen LogP contribution in [0.15, 0.2) is 35.6 Å². The van der Waals surface area contributed by atoms with E-state index in [1.165, 1.54) is 6.33 Å². The molecule has 98 valence electrons. The topological polar surface area (TPSA) is 75.1 Å². The molecule has 1 aromatic carbocycles. The van der Waals surface area contributed by atoms with Crippen LogP contribution in [0.2, 0.25) is 0 Å². The summed E-state index contributed by atoms with van der Waals surface area (Å²) in [4.78, 5) is 19.5. The van der Waals surface area contributed by atoms with Crippen molar-refractivity contribution < 1.29 is 9.90 Å². The number of nitrogens with one attached hydrogen (secondary N) is 1. The van der Waals surface area contributed by atoms with E-state index in [1.807, 2.05) is 24.3 Å². The van der Waals surface area contributed by atoms with Crippen LogP contribution >= 0.6 is 11.8 Å². The molecule has 1 aliphatic heterocycles. The van der Waals surface area contributed by atoms with Crippen LogP contribution in [0.5, 0.6) is 0 Å². The first kappa shape index (κ1) is 12.4. The number of carbonyl (C=O) groups is 1. The molecule has 1 fully saturated rings. The molecule has 2 N–H and O–H groups in total. The van der Waals surface area contributed by atoms with Crippen LogP contribution in [0.4, 0.5) is 0 Å². The molecule has 6 heteroatoms. The number of nitrogens with zero attached hydrogens (tertiary/aromatic N) is 2. The van der Waals surface area contributed by atoms with Gasteiger partial charge in [-0.25, -0.2) is 9.97 Å². The summed E-state index contributed by atoms with van der Waals surface area (Å²) in [6.07, 6.45) is 1.67. The van der Waals surface area contributed by atoms with Gasteiger partial charge in [0, 0.05) is 18.5 Å². The lowest BCUT2D eigenvalue weighted by Gasteiger charge is -2.40. The smallest absolute Gasteiger partial charge is 0.304 e. The molecule has 5 nitrogen and oxygen atoms in total. The van der Waals surface area contributed by atoms with Crippen molar-refractivity contribution in [2.24, 2.45) is 0 Å². The van der Waals surface area contributed by atoms with Crippen molar-refractivity contribution in [3.63, 3.8) is 0 Å². The minimum Gasteiger partial charge on any atom is -0.481 e. The number of benzene rings is 1. The fourth-order valence-electron chi connectivity index (χ4n) is 2.18. The van der Waals surface area contributed by atoms with Gasteiger partial charge in [-0.3, -0.25) is 4.79 Å². The summed E-state index contributed by atoms with van der Waals surface area (Å²) in [5.74, 6) is -0.771. The number of para-hydroxylation sites is 1. The van der Waals surface area contributed by atoms with Crippen LogP contribution in [0.3, 0.4) is 0 Å². The van der Waals surface area contributed by atoms with Gasteiger partial charge in [0.05, 0.1) is 16.7 Å². The molecule has 0 bridgehead atoms. The quantitative estimate of drug-likeness (QED) is 0.824. The Labute approximate surface area is 114 Å². The number of rotatable bonds is 4. The second-order valence-corrected chi connectivity index (χ2v) is 6.11. The van der Waals surface area contributed by atoms with Gasteiger partial charge in [0.1, 0.15) is 11.4 Å². The Morgan fingerprint density at radius 3 is 2.84 bits per heavy atom. The maximum atomic E-state index is 11.0. The molecule has 2 heterocycles. The summed E-state index contributed by atoms with van der Waals surface area (Å²) < 4.78 is -0.289. The van der Waals surface area contributed by atoms with E-state index in [0.29, 0.717) is 13.1 Å². The van der Waals surface area contributed by atoms with Gasteiger partial charge in [0.25, 0.3) is 0 Å². The fraction of sp³-hybridized carbons (Fsp3) is 0.308. The summed E-state index contributed by atoms with van der Waals surface area (Å²) in [5.41, 5.74) is 0.887. The lowest BCUT2D eigenvalue weighted by Crippen LogP contribution is -2.58. The molecule has 0 spiro atoms. The first-order chi connectivity index (χ1) is 9.19. The molecular formula is C13H13N3O2S. The molecule has 3 rings (SSSR count). The van der Waals surface area contributed by atoms with Crippen molar-refractivity contribution in [3.05, 3.63) is 30.6 Å². The van der Waals surface area contributed by atoms with Gasteiger partial charge in [-0.2, -0.15) is 0 Å². The van der Waals surface area contributed by atoms with Crippen LogP contribution < -0.4 is 5.32 Å². The highest BCUT2D eigenvalue weighted by molar-refractivity contribution is 8.01. The van der Waals surface area contributed by atoms with E-state index in [2.05, 4.69) is 15.3 Å². The third kappa shape index (κ3) is 2.41. The summed E-state index contributed by atoms with van der Waals surface area (Å²) in [5, 5.41) is 14.0. The summed E-state index contributed by atoms with van der Waals surface area (Å²) in [7, 11) is 0. The molecule has 0 aliphatic carbocycles. The predicted octanol–water partition coefficient (Wildman–Crippen LogP) is 1.54. The van der Waals surface area contributed by atoms with Gasteiger partial charge >= 0.3 is 5.97 Å². The second-order valence-electron chi connectivity index (χ2n) is 4.66. The number of thioether (sulfide) groups is 1. The number of hydrogen-bond donors (Lipinski definition) is 2. The number of carboxylic acids is 1. The molecule has 2 aromatic rings. The van der Waals surface area contributed by atoms with Crippen molar-refractivity contribution in [2.75, 3.05) is 13.1 Å². The molecule has 1 saturated heterocycles. The molecular weight excluding hydrogens is 262 g/mol. The third-order valence-electron chi connectivity index (χ3n) is 3.19. The van der Waals surface area contributed by atoms with Crippen LogP contribution in [0, 0.1) is 0 Å². The molecule has 0 atom stereocenters. The molecule has 0 saturated carbocycles. The Morgan fingerprint density at radius 2 is 2.16 bits per heavy atom. The number of aliphatic carboxylic acids is 1. The Hall–Kier alpha value is -1.66. The van der Waals surface area contributed by atoms with E-state index >= 15 is 0 Å². The van der Waals surface area contributed by atoms with Gasteiger partial charge in [-0.15, -0.1) is 0 Å². The zero-order chi connectivity index (χ0) is 13.3. The minimum absolute atomic E-state index is 0.142. The number of aromatic nitrogens is 2. The molecule has 1 aromatic heterocycles. The highest BCUT2D eigenvalue weighted by Crippen LogP contribution is 2.40. The maximum absolute atomic E-state index is 11.0. The van der Waals surface area contributed by atoms with E-state index < -0.39 is 5.97 Å². The first-order valence-corrected chi connectivity index (χ1v) is 6.81. The monoisotopic (exact) mass is 275 g/mol. The average molecular weight is 275 g/mol. The minimum atomic E-state index is -0.771. The van der Waals surface area contributed by atoms with Crippen LogP contribution in [0.25, 0.3) is 10.9 Å². The van der Waals surface area contributed by atoms with Gasteiger partial charge in [0.15, 0.2) is 0 Å². The highest BCUT2D eigenvalue weighted by Gasteiger charge is 2.41. The zero-order valence-corrected chi connectivity index (χ0v) is 11.0. The second kappa shape index (κ2) is 4.79. The van der Waals surface area contributed by atoms with E-state index in [0.717, 1.165) is 15.9 Å². The fourth-order valence-corrected chi connectivity index (χ4v) is 3.52. The average Bonchev–Trinajstić information content (AvgIpc) is 2.36. The standard InChI is InChI=1S/C13H13N3O2S/c17-11(18)5-13(6-14-7-13)19-12-9-3-1-2-4-10(9)15-8-16-12/h1-4,8,14H,5-7H2,(H,17,18). The van der Waals surface area contributed by atoms with Crippen molar-refractivity contribution in [1.29, 1.82) is 0 Å². The summed E-state index contributed by atoms with van der Waals surface area (Å²) >= 11 is 1.54. The number of hydrogen-bond acceptors (Lipinski definition) is 5. The summed E-state index contributed by atoms with van der Waals surface area (Å²) in [6, 6.07) is 7.78. The van der Waals surface area contributed by atoms with Gasteiger partial charge in [-0.05, 0) is 6.07 Å². The summed E-state index contributed by atoms with van der Waals surface area (Å²) in [6.45, 7) is 1.39. The Balaban J connectivity index is 1.94. The van der Waals surface area contributed by atoms with E-state index in [1.54, 1.807) is 11.8 Å². The molecule has 19 heavy (non-hydrogen) atoms. The highest BCUT2D eigenvalue weighted by atomic mass is 32.2. The van der Waals surface area contributed by atoms with E-state index in [9.17, 15) is 4.79 Å². The van der Waals surface area contributed by atoms with Crippen molar-refractivity contribution >= 4 is 28.6 Å². The Bertz CT molecular complexity index is 623. The van der Waals surface area contributed by atoms with Crippen LogP contribution in [0.1, 0.15) is 6.42 Å². The van der Waals surface area contributed by atoms with Gasteiger partial charge in [-0.1, -0.05) is 30.0 Å². The van der Waals surface area contributed by atoms with E-state index in [-0.39, 0.29) is 11.2 Å². The molecule has 0 radical (unpaired) electrons. The van der Waals surface area contributed by atoms with Crippen molar-refractivity contribution in [1.82, 2.24) is 15.3 Å². The molecule has 0 unspecified atom stereocenters. The SMILES string of the molecule is O=C(O)CC1(Sc2ncnc3ccccc23)CNC1. The van der Waals surface area contributed by atoms with Crippen LogP contribution in [-0.2, 0) is 4.79 Å². The lowest BCUT2D eigenvalue weighted by molar-refractivity contribution is -0.138. The number of fused-ring (bicyclic) bond motifs is 1. The van der Waals surface area contributed by atoms with Gasteiger partial charge < -0.3 is 10.4 Å². The normalized spacial score (nSPS) is 17.1.